The number of para-hydroxylation sites is 2. The summed E-state index contributed by atoms with van der Waals surface area (Å²) in [7, 11) is -2.76. The lowest BCUT2D eigenvalue weighted by Gasteiger charge is -2.39. The summed E-state index contributed by atoms with van der Waals surface area (Å²) in [5.74, 6) is -0.300. The van der Waals surface area contributed by atoms with Gasteiger partial charge in [0.2, 0.25) is 0 Å². The lowest BCUT2D eigenvalue weighted by atomic mass is 9.82. The van der Waals surface area contributed by atoms with Crippen molar-refractivity contribution in [1.29, 1.82) is 0 Å². The van der Waals surface area contributed by atoms with Gasteiger partial charge in [-0.15, -0.1) is 0 Å². The second kappa shape index (κ2) is 11.6. The topological polar surface area (TPSA) is 106 Å². The number of aliphatic hydroxyl groups excluding tert-OH is 1. The van der Waals surface area contributed by atoms with Crippen molar-refractivity contribution in [1.82, 2.24) is 5.32 Å². The van der Waals surface area contributed by atoms with Crippen LogP contribution in [-0.2, 0) is 26.5 Å². The number of carbonyl (C=O) groups excluding carboxylic acids is 2. The number of hydrogen-bond acceptors (Lipinski definition) is 7. The summed E-state index contributed by atoms with van der Waals surface area (Å²) in [4.78, 5) is 46.2. The zero-order valence-electron chi connectivity index (χ0n) is 26.9. The second-order valence-electron chi connectivity index (χ2n) is 13.9. The van der Waals surface area contributed by atoms with Gasteiger partial charge in [0.05, 0.1) is 25.0 Å². The molecule has 3 fully saturated rings. The first-order chi connectivity index (χ1) is 22.1. The molecule has 242 valence electrons. The zero-order valence-corrected chi connectivity index (χ0v) is 27.9. The summed E-state index contributed by atoms with van der Waals surface area (Å²) in [6.07, 6.45) is 1.43. The van der Waals surface area contributed by atoms with Gasteiger partial charge in [0.15, 0.2) is 13.9 Å². The Bertz CT molecular complexity index is 1620. The fraction of sp³-hybridized carbons (Fsp3) is 0.444. The molecule has 46 heavy (non-hydrogen) atoms. The van der Waals surface area contributed by atoms with Crippen LogP contribution >= 0.6 is 0 Å². The maximum Gasteiger partial charge on any atom is 0.264 e. The average Bonchev–Trinajstić information content (AvgIpc) is 3.60. The van der Waals surface area contributed by atoms with Crippen LogP contribution in [-0.4, -0.2) is 68.0 Å². The molecule has 3 aromatic rings. The van der Waals surface area contributed by atoms with Crippen molar-refractivity contribution in [3.63, 3.8) is 0 Å². The van der Waals surface area contributed by atoms with Crippen LogP contribution in [0.15, 0.2) is 78.9 Å². The third kappa shape index (κ3) is 4.72. The molecular formula is C36H44N4O5Si. The van der Waals surface area contributed by atoms with Gasteiger partial charge in [0.1, 0.15) is 5.54 Å². The molecule has 3 N–H and O–H groups in total. The Morgan fingerprint density at radius 1 is 0.935 bits per heavy atom. The summed E-state index contributed by atoms with van der Waals surface area (Å²) in [5.41, 5.74) is 2.34. The van der Waals surface area contributed by atoms with E-state index >= 15 is 0 Å². The maximum atomic E-state index is 14.6. The highest BCUT2D eigenvalue weighted by Gasteiger charge is 2.66. The molecular weight excluding hydrogens is 597 g/mol. The van der Waals surface area contributed by atoms with Gasteiger partial charge in [-0.05, 0) is 81.3 Å². The smallest absolute Gasteiger partial charge is 0.264 e. The van der Waals surface area contributed by atoms with E-state index in [-0.39, 0.29) is 29.9 Å². The highest BCUT2D eigenvalue weighted by atomic mass is 28.4. The van der Waals surface area contributed by atoms with Crippen molar-refractivity contribution in [2.24, 2.45) is 5.92 Å². The molecule has 3 aromatic carbocycles. The SMILES string of the molecule is C[C@H]1[C@H]([Si](C)(C)O)[C@@H](CCO)O[C@]12C(=O)N(Cc1cccc(N3CN(c4ccccc4)C4(CCNCC4)C3=O)c1)c1ccccc12. The largest absolute Gasteiger partial charge is 0.432 e. The standard InChI is InChI=1S/C36H44N4O5Si/c1-25-32(46(2,3)44)31(16-21-41)45-36(25)29-14-7-8-15-30(29)38(34(36)43)23-26-10-9-13-28(22-26)39-24-40(27-11-5-4-6-12-27)35(33(39)42)17-19-37-20-18-35/h4-15,22,25,31-32,37,41,44H,16-21,23-24H2,1-3H3/t25-,31+,32-,36+/m0/s1. The summed E-state index contributed by atoms with van der Waals surface area (Å²) in [6, 6.07) is 25.9. The number of amides is 2. The van der Waals surface area contributed by atoms with E-state index in [2.05, 4.69) is 22.3 Å². The Labute approximate surface area is 271 Å². The minimum atomic E-state index is -2.76. The van der Waals surface area contributed by atoms with Crippen LogP contribution in [0.25, 0.3) is 0 Å². The summed E-state index contributed by atoms with van der Waals surface area (Å²) >= 11 is 0. The number of fused-ring (bicyclic) bond motifs is 2. The fourth-order valence-electron chi connectivity index (χ4n) is 8.76. The Kier molecular flexibility index (Phi) is 7.84. The third-order valence-electron chi connectivity index (χ3n) is 10.8. The number of benzene rings is 3. The Balaban J connectivity index is 1.21. The van der Waals surface area contributed by atoms with Crippen molar-refractivity contribution in [2.75, 3.05) is 41.1 Å². The predicted octanol–water partition coefficient (Wildman–Crippen LogP) is 4.35. The molecule has 0 bridgehead atoms. The molecule has 0 saturated carbocycles. The molecule has 0 radical (unpaired) electrons. The number of ether oxygens (including phenoxy) is 1. The average molecular weight is 641 g/mol. The minimum Gasteiger partial charge on any atom is -0.432 e. The van der Waals surface area contributed by atoms with Crippen LogP contribution in [0.2, 0.25) is 18.6 Å². The minimum absolute atomic E-state index is 0.0739. The summed E-state index contributed by atoms with van der Waals surface area (Å²) in [6.45, 7) is 8.08. The number of carbonyl (C=O) groups is 2. The van der Waals surface area contributed by atoms with E-state index in [0.717, 1.165) is 54.1 Å². The molecule has 4 atom stereocenters. The van der Waals surface area contributed by atoms with Crippen molar-refractivity contribution in [3.8, 4) is 0 Å². The van der Waals surface area contributed by atoms with Gasteiger partial charge in [0, 0.05) is 35.0 Å². The molecule has 2 spiro atoms. The quantitative estimate of drug-likeness (QED) is 0.330. The molecule has 7 rings (SSSR count). The molecule has 4 aliphatic rings. The normalized spacial score (nSPS) is 27.3. The van der Waals surface area contributed by atoms with Gasteiger partial charge in [-0.25, -0.2) is 0 Å². The number of rotatable bonds is 7. The first-order valence-corrected chi connectivity index (χ1v) is 19.5. The summed E-state index contributed by atoms with van der Waals surface area (Å²) in [5, 5.41) is 13.3. The molecule has 0 unspecified atom stereocenters. The molecule has 4 aliphatic heterocycles. The number of anilines is 3. The monoisotopic (exact) mass is 640 g/mol. The zero-order chi connectivity index (χ0) is 32.3. The van der Waals surface area contributed by atoms with Gasteiger partial charge < -0.3 is 29.8 Å². The van der Waals surface area contributed by atoms with E-state index in [9.17, 15) is 19.5 Å². The van der Waals surface area contributed by atoms with Gasteiger partial charge in [-0.1, -0.05) is 55.5 Å². The van der Waals surface area contributed by atoms with Crippen LogP contribution in [0.1, 0.15) is 37.3 Å². The Hall–Kier alpha value is -3.54. The lowest BCUT2D eigenvalue weighted by Crippen LogP contribution is -2.55. The lowest BCUT2D eigenvalue weighted by molar-refractivity contribution is -0.146. The number of nitrogens with zero attached hydrogens (tertiary/aromatic N) is 3. The summed E-state index contributed by atoms with van der Waals surface area (Å²) < 4.78 is 6.71. The van der Waals surface area contributed by atoms with Crippen molar-refractivity contribution in [2.45, 2.75) is 68.6 Å². The molecule has 0 aliphatic carbocycles. The predicted molar refractivity (Wildman–Crippen MR) is 181 cm³/mol. The molecule has 9 nitrogen and oxygen atoms in total. The first kappa shape index (κ1) is 31.1. The van der Waals surface area contributed by atoms with E-state index < -0.39 is 25.6 Å². The van der Waals surface area contributed by atoms with Crippen molar-refractivity contribution >= 4 is 37.2 Å². The number of piperidine rings is 1. The number of aliphatic hydroxyl groups is 1. The second-order valence-corrected chi connectivity index (χ2v) is 17.8. The molecule has 10 heteroatoms. The highest BCUT2D eigenvalue weighted by molar-refractivity contribution is 6.71. The molecule has 0 aromatic heterocycles. The Morgan fingerprint density at radius 2 is 1.63 bits per heavy atom. The molecule has 3 saturated heterocycles. The van der Waals surface area contributed by atoms with E-state index in [0.29, 0.717) is 19.6 Å². The van der Waals surface area contributed by atoms with E-state index in [1.165, 1.54) is 0 Å². The van der Waals surface area contributed by atoms with Gasteiger partial charge in [-0.3, -0.25) is 14.5 Å². The van der Waals surface area contributed by atoms with E-state index in [1.807, 2.05) is 91.6 Å². The maximum absolute atomic E-state index is 14.6. The van der Waals surface area contributed by atoms with Crippen molar-refractivity contribution in [3.05, 3.63) is 90.0 Å². The molecule has 4 heterocycles. The van der Waals surface area contributed by atoms with E-state index in [1.54, 1.807) is 4.90 Å². The number of nitrogens with one attached hydrogen (secondary N) is 1. The first-order valence-electron chi connectivity index (χ1n) is 16.5. The van der Waals surface area contributed by atoms with Gasteiger partial charge in [0.25, 0.3) is 11.8 Å². The van der Waals surface area contributed by atoms with Crippen LogP contribution in [0.5, 0.6) is 0 Å². The van der Waals surface area contributed by atoms with Gasteiger partial charge >= 0.3 is 0 Å². The number of hydrogen-bond donors (Lipinski definition) is 3. The van der Waals surface area contributed by atoms with E-state index in [4.69, 9.17) is 4.74 Å². The molecule has 2 amide bonds. The van der Waals surface area contributed by atoms with Gasteiger partial charge in [-0.2, -0.15) is 0 Å². The van der Waals surface area contributed by atoms with Crippen molar-refractivity contribution < 1.29 is 24.2 Å². The van der Waals surface area contributed by atoms with Crippen LogP contribution in [0, 0.1) is 5.92 Å². The highest BCUT2D eigenvalue weighted by Crippen LogP contribution is 2.59. The van der Waals surface area contributed by atoms with Crippen LogP contribution in [0.4, 0.5) is 17.1 Å². The third-order valence-corrected chi connectivity index (χ3v) is 13.3. The van der Waals surface area contributed by atoms with Crippen LogP contribution in [0.3, 0.4) is 0 Å². The van der Waals surface area contributed by atoms with Crippen LogP contribution < -0.4 is 20.0 Å². The Morgan fingerprint density at radius 3 is 2.35 bits per heavy atom. The fourth-order valence-corrected chi connectivity index (χ4v) is 11.4.